The van der Waals surface area contributed by atoms with Gasteiger partial charge >= 0.3 is 5.97 Å². The number of ether oxygens (including phenoxy) is 1. The molecule has 0 spiro atoms. The molecule has 2 aromatic rings. The van der Waals surface area contributed by atoms with Gasteiger partial charge in [-0.05, 0) is 35.2 Å². The summed E-state index contributed by atoms with van der Waals surface area (Å²) < 4.78 is 4.96. The lowest BCUT2D eigenvalue weighted by Crippen LogP contribution is -2.44. The fourth-order valence-electron chi connectivity index (χ4n) is 3.41. The normalized spacial score (nSPS) is 15.3. The summed E-state index contributed by atoms with van der Waals surface area (Å²) in [5.41, 5.74) is 8.33. The number of amides is 4. The smallest absolute Gasteiger partial charge is 0.311 e. The maximum Gasteiger partial charge on any atom is 0.311 e. The van der Waals surface area contributed by atoms with E-state index in [1.54, 1.807) is 24.3 Å². The van der Waals surface area contributed by atoms with Crippen LogP contribution in [0.15, 0.2) is 48.5 Å². The van der Waals surface area contributed by atoms with Gasteiger partial charge in [-0.15, -0.1) is 0 Å². The van der Waals surface area contributed by atoms with E-state index in [0.717, 1.165) is 10.6 Å². The fraction of sp³-hybridized carbons (Fsp3) is 0.320. The molecule has 0 unspecified atom stereocenters. The van der Waals surface area contributed by atoms with Gasteiger partial charge < -0.3 is 4.74 Å². The highest BCUT2D eigenvalue weighted by Gasteiger charge is 2.36. The second kappa shape index (κ2) is 11.2. The van der Waals surface area contributed by atoms with Crippen molar-refractivity contribution in [3.05, 3.63) is 70.2 Å². The van der Waals surface area contributed by atoms with Crippen LogP contribution in [0.1, 0.15) is 53.5 Å². The highest BCUT2D eigenvalue weighted by molar-refractivity contribution is 6.33. The van der Waals surface area contributed by atoms with Crippen LogP contribution in [0, 0.1) is 5.92 Å². The largest absolute Gasteiger partial charge is 0.455 e. The maximum absolute atomic E-state index is 12.5. The molecule has 0 radical (unpaired) electrons. The molecule has 1 aliphatic heterocycles. The van der Waals surface area contributed by atoms with Gasteiger partial charge in [0, 0.05) is 12.0 Å². The summed E-state index contributed by atoms with van der Waals surface area (Å²) in [4.78, 5) is 61.1. The molecule has 2 aromatic carbocycles. The first-order chi connectivity index (χ1) is 17.0. The summed E-state index contributed by atoms with van der Waals surface area (Å²) in [5, 5.41) is 1.27. The van der Waals surface area contributed by atoms with Crippen molar-refractivity contribution in [3.63, 3.8) is 0 Å². The Hall–Kier alpha value is -3.92. The average molecular weight is 515 g/mol. The number of rotatable bonds is 6. The number of benzene rings is 2. The van der Waals surface area contributed by atoms with Crippen LogP contribution in [-0.4, -0.2) is 47.8 Å². The first-order valence-corrected chi connectivity index (χ1v) is 11.6. The van der Waals surface area contributed by atoms with Gasteiger partial charge in [0.1, 0.15) is 0 Å². The Labute approximate surface area is 213 Å². The van der Waals surface area contributed by atoms with Crippen molar-refractivity contribution >= 4 is 41.2 Å². The van der Waals surface area contributed by atoms with Crippen LogP contribution in [0.25, 0.3) is 0 Å². The zero-order valence-corrected chi connectivity index (χ0v) is 20.8. The third-order valence-electron chi connectivity index (χ3n) is 5.49. The van der Waals surface area contributed by atoms with Gasteiger partial charge in [0.15, 0.2) is 6.61 Å². The van der Waals surface area contributed by atoms with Crippen LogP contribution >= 0.6 is 11.6 Å². The number of carbonyl (C=O) groups excluding carboxylic acids is 5. The van der Waals surface area contributed by atoms with E-state index in [4.69, 9.17) is 16.3 Å². The zero-order valence-electron chi connectivity index (χ0n) is 20.1. The third-order valence-corrected chi connectivity index (χ3v) is 5.82. The van der Waals surface area contributed by atoms with Crippen LogP contribution < -0.4 is 16.3 Å². The molecule has 3 rings (SSSR count). The molecule has 11 heteroatoms. The van der Waals surface area contributed by atoms with E-state index < -0.39 is 42.1 Å². The molecule has 0 aliphatic carbocycles. The molecule has 10 nitrogen and oxygen atoms in total. The maximum atomic E-state index is 12.5. The average Bonchev–Trinajstić information content (AvgIpc) is 3.20. The lowest BCUT2D eigenvalue weighted by molar-refractivity contribution is -0.152. The van der Waals surface area contributed by atoms with Gasteiger partial charge in [-0.3, -0.25) is 45.3 Å². The minimum absolute atomic E-state index is 0.0639. The second-order valence-corrected chi connectivity index (χ2v) is 9.67. The lowest BCUT2D eigenvalue weighted by Gasteiger charge is -2.20. The molecule has 36 heavy (non-hydrogen) atoms. The number of hydrogen-bond donors (Lipinski definition) is 3. The van der Waals surface area contributed by atoms with Crippen molar-refractivity contribution in [1.82, 2.24) is 21.3 Å². The third kappa shape index (κ3) is 6.82. The van der Waals surface area contributed by atoms with E-state index in [0.29, 0.717) is 5.56 Å². The summed E-state index contributed by atoms with van der Waals surface area (Å²) in [6, 6.07) is 13.3. The molecular formula is C25H27ClN4O6. The number of esters is 1. The van der Waals surface area contributed by atoms with Crippen LogP contribution in [0.4, 0.5) is 0 Å². The highest BCUT2D eigenvalue weighted by atomic mass is 35.5. The van der Waals surface area contributed by atoms with Crippen molar-refractivity contribution < 1.29 is 28.7 Å². The molecule has 0 bridgehead atoms. The summed E-state index contributed by atoms with van der Waals surface area (Å²) >= 11 is 5.92. The molecule has 4 amide bonds. The Kier molecular flexibility index (Phi) is 8.31. The summed E-state index contributed by atoms with van der Waals surface area (Å²) in [6.45, 7) is 5.42. The number of carbonyl (C=O) groups is 5. The Morgan fingerprint density at radius 3 is 2.31 bits per heavy atom. The first-order valence-electron chi connectivity index (χ1n) is 11.2. The van der Waals surface area contributed by atoms with E-state index >= 15 is 0 Å². The Morgan fingerprint density at radius 1 is 1.00 bits per heavy atom. The minimum atomic E-state index is -0.855. The van der Waals surface area contributed by atoms with Gasteiger partial charge in [-0.1, -0.05) is 56.6 Å². The Balaban J connectivity index is 1.44. The molecule has 190 valence electrons. The van der Waals surface area contributed by atoms with Gasteiger partial charge in [0.25, 0.3) is 17.7 Å². The lowest BCUT2D eigenvalue weighted by atomic mass is 9.87. The van der Waals surface area contributed by atoms with Crippen molar-refractivity contribution in [1.29, 1.82) is 0 Å². The van der Waals surface area contributed by atoms with Gasteiger partial charge in [-0.2, -0.15) is 0 Å². The van der Waals surface area contributed by atoms with E-state index in [-0.39, 0.29) is 29.0 Å². The molecule has 3 N–H and O–H groups in total. The highest BCUT2D eigenvalue weighted by Crippen LogP contribution is 2.22. The Bertz CT molecular complexity index is 1180. The van der Waals surface area contributed by atoms with Crippen molar-refractivity contribution in [2.24, 2.45) is 5.92 Å². The van der Waals surface area contributed by atoms with Crippen LogP contribution in [0.5, 0.6) is 0 Å². The first kappa shape index (κ1) is 26.7. The fourth-order valence-corrected chi connectivity index (χ4v) is 3.63. The predicted molar refractivity (Wildman–Crippen MR) is 130 cm³/mol. The monoisotopic (exact) mass is 514 g/mol. The van der Waals surface area contributed by atoms with E-state index in [1.165, 1.54) is 12.1 Å². The zero-order chi connectivity index (χ0) is 26.5. The van der Waals surface area contributed by atoms with E-state index in [1.807, 2.05) is 12.1 Å². The number of nitrogens with one attached hydrogen (secondary N) is 3. The quantitative estimate of drug-likeness (QED) is 0.399. The number of nitrogens with zero attached hydrogens (tertiary/aromatic N) is 1. The molecule has 1 saturated heterocycles. The standard InChI is InChI=1S/C25H27ClN4O6/c1-25(2,3)17-10-8-15(9-11-17)22(33)29-30-13-16(12-21(30)32)24(35)36-14-20(31)27-28-23(34)18-6-4-5-7-19(18)26/h4-11,16H,12-14H2,1-3H3,(H,27,31)(H,28,34)(H,29,33)/t16-/m1/s1. The Morgan fingerprint density at radius 2 is 1.67 bits per heavy atom. The predicted octanol–water partition coefficient (Wildman–Crippen LogP) is 2.14. The summed E-state index contributed by atoms with van der Waals surface area (Å²) in [5.74, 6) is -3.98. The number of halogens is 1. The number of hydrogen-bond acceptors (Lipinski definition) is 6. The molecule has 1 aliphatic rings. The van der Waals surface area contributed by atoms with Crippen LogP contribution in [0.2, 0.25) is 5.02 Å². The topological polar surface area (TPSA) is 134 Å². The molecule has 1 heterocycles. The second-order valence-electron chi connectivity index (χ2n) is 9.26. The number of hydrazine groups is 2. The van der Waals surface area contributed by atoms with Crippen molar-refractivity contribution in [3.8, 4) is 0 Å². The van der Waals surface area contributed by atoms with Crippen molar-refractivity contribution in [2.75, 3.05) is 13.2 Å². The molecule has 1 atom stereocenters. The molecule has 0 aromatic heterocycles. The molecule has 1 fully saturated rings. The van der Waals surface area contributed by atoms with Gasteiger partial charge in [0.05, 0.1) is 23.0 Å². The van der Waals surface area contributed by atoms with Crippen LogP contribution in [-0.2, 0) is 24.5 Å². The molecule has 0 saturated carbocycles. The van der Waals surface area contributed by atoms with Crippen molar-refractivity contribution in [2.45, 2.75) is 32.6 Å². The summed E-state index contributed by atoms with van der Waals surface area (Å²) in [7, 11) is 0. The minimum Gasteiger partial charge on any atom is -0.455 e. The van der Waals surface area contributed by atoms with Gasteiger partial charge in [0.2, 0.25) is 5.91 Å². The molecular weight excluding hydrogens is 488 g/mol. The van der Waals surface area contributed by atoms with Crippen LogP contribution in [0.3, 0.4) is 0 Å². The summed E-state index contributed by atoms with van der Waals surface area (Å²) in [6.07, 6.45) is -0.174. The SMILES string of the molecule is CC(C)(C)c1ccc(C(=O)NN2C[C@H](C(=O)OCC(=O)NNC(=O)c3ccccc3Cl)CC2=O)cc1. The van der Waals surface area contributed by atoms with E-state index in [2.05, 4.69) is 37.0 Å². The van der Waals surface area contributed by atoms with Gasteiger partial charge in [-0.25, -0.2) is 0 Å². The van der Waals surface area contributed by atoms with E-state index in [9.17, 15) is 24.0 Å².